The lowest BCUT2D eigenvalue weighted by Crippen LogP contribution is -2.32. The van der Waals surface area contributed by atoms with E-state index in [1.807, 2.05) is 0 Å². The first-order chi connectivity index (χ1) is 9.27. The zero-order valence-electron chi connectivity index (χ0n) is 10.3. The molecule has 0 bridgehead atoms. The summed E-state index contributed by atoms with van der Waals surface area (Å²) in [5.41, 5.74) is 0. The van der Waals surface area contributed by atoms with Crippen LogP contribution in [-0.4, -0.2) is 52.4 Å². The van der Waals surface area contributed by atoms with E-state index in [9.17, 15) is 18.0 Å². The van der Waals surface area contributed by atoms with E-state index in [4.69, 9.17) is 10.2 Å². The molecule has 1 aromatic heterocycles. The molecule has 0 aliphatic carbocycles. The first-order valence-electron chi connectivity index (χ1n) is 5.72. The molecule has 20 heavy (non-hydrogen) atoms. The molecule has 0 saturated carbocycles. The first-order valence-corrected chi connectivity index (χ1v) is 7.33. The summed E-state index contributed by atoms with van der Waals surface area (Å²) in [6.07, 6.45) is -0.191. The molecule has 1 aliphatic heterocycles. The second-order valence-electron chi connectivity index (χ2n) is 4.40. The summed E-state index contributed by atoms with van der Waals surface area (Å²) < 4.78 is 22.4. The molecule has 1 unspecified atom stereocenters. The number of hydrogen-bond acceptors (Lipinski definition) is 6. The number of carboxylic acids is 1. The lowest BCUT2D eigenvalue weighted by atomic mass is 10.3. The molecule has 1 fully saturated rings. The summed E-state index contributed by atoms with van der Waals surface area (Å²) in [5.74, 6) is -1.07. The number of hydrogen-bond donors (Lipinski definition) is 3. The highest BCUT2D eigenvalue weighted by Crippen LogP contribution is 2.21. The van der Waals surface area contributed by atoms with E-state index in [-0.39, 0.29) is 31.8 Å². The average molecular weight is 303 g/mol. The number of aromatic amines is 1. The van der Waals surface area contributed by atoms with Crippen LogP contribution in [0.3, 0.4) is 0 Å². The average Bonchev–Trinajstić information content (AvgIpc) is 2.91. The number of aromatic nitrogens is 3. The molecule has 110 valence electrons. The Labute approximate surface area is 114 Å². The Morgan fingerprint density at radius 2 is 2.25 bits per heavy atom. The molecule has 10 nitrogen and oxygen atoms in total. The Morgan fingerprint density at radius 3 is 2.80 bits per heavy atom. The summed E-state index contributed by atoms with van der Waals surface area (Å²) in [6, 6.07) is 0. The second kappa shape index (κ2) is 5.17. The number of anilines is 1. The molecule has 1 amide bonds. The van der Waals surface area contributed by atoms with E-state index >= 15 is 0 Å². The normalized spacial score (nSPS) is 19.6. The Hall–Kier alpha value is -2.01. The van der Waals surface area contributed by atoms with Crippen molar-refractivity contribution in [3.8, 4) is 0 Å². The molecule has 0 spiro atoms. The summed E-state index contributed by atoms with van der Waals surface area (Å²) >= 11 is 0. The molecule has 0 radical (unpaired) electrons. The molecule has 1 aromatic rings. The Bertz CT molecular complexity index is 639. The van der Waals surface area contributed by atoms with Gasteiger partial charge in [0.1, 0.15) is 11.1 Å². The Morgan fingerprint density at radius 1 is 1.55 bits per heavy atom. The summed E-state index contributed by atoms with van der Waals surface area (Å²) in [7, 11) is -3.80. The van der Waals surface area contributed by atoms with Gasteiger partial charge < -0.3 is 5.11 Å². The third-order valence-electron chi connectivity index (χ3n) is 2.89. The van der Waals surface area contributed by atoms with Crippen LogP contribution in [0, 0.1) is 0 Å². The largest absolute Gasteiger partial charge is 0.481 e. The number of amides is 1. The van der Waals surface area contributed by atoms with Crippen LogP contribution < -0.4 is 10.0 Å². The number of primary sulfonamides is 1. The fourth-order valence-corrected chi connectivity index (χ4v) is 2.56. The minimum atomic E-state index is -3.80. The third kappa shape index (κ3) is 3.11. The van der Waals surface area contributed by atoms with Crippen molar-refractivity contribution in [2.75, 3.05) is 11.4 Å². The van der Waals surface area contributed by atoms with Crippen LogP contribution in [0.2, 0.25) is 0 Å². The highest BCUT2D eigenvalue weighted by atomic mass is 32.2. The highest BCUT2D eigenvalue weighted by molar-refractivity contribution is 7.89. The van der Waals surface area contributed by atoms with Crippen LogP contribution in [0.4, 0.5) is 5.95 Å². The van der Waals surface area contributed by atoms with Gasteiger partial charge in [-0.25, -0.2) is 13.6 Å². The van der Waals surface area contributed by atoms with Crippen molar-refractivity contribution in [3.05, 3.63) is 5.82 Å². The Balaban J connectivity index is 2.09. The molecular weight excluding hydrogens is 290 g/mol. The van der Waals surface area contributed by atoms with Gasteiger partial charge in [0, 0.05) is 19.4 Å². The number of rotatable bonds is 5. The van der Waals surface area contributed by atoms with E-state index in [1.165, 1.54) is 0 Å². The van der Waals surface area contributed by atoms with Gasteiger partial charge in [-0.3, -0.25) is 19.6 Å². The molecule has 11 heteroatoms. The summed E-state index contributed by atoms with van der Waals surface area (Å²) in [5, 5.41) is 18.9. The van der Waals surface area contributed by atoms with Crippen molar-refractivity contribution in [3.63, 3.8) is 0 Å². The van der Waals surface area contributed by atoms with E-state index in [0.29, 0.717) is 5.82 Å². The first kappa shape index (κ1) is 14.4. The van der Waals surface area contributed by atoms with Crippen LogP contribution in [0.15, 0.2) is 0 Å². The number of carboxylic acid groups (broad SMARTS) is 1. The number of carbonyl (C=O) groups is 2. The maximum atomic E-state index is 11.7. The molecule has 0 aromatic carbocycles. The van der Waals surface area contributed by atoms with Gasteiger partial charge in [-0.05, 0) is 0 Å². The second-order valence-corrected chi connectivity index (χ2v) is 6.24. The van der Waals surface area contributed by atoms with Crippen LogP contribution in [-0.2, 0) is 26.0 Å². The molecule has 2 rings (SSSR count). The predicted molar refractivity (Wildman–Crippen MR) is 66.2 cm³/mol. The minimum Gasteiger partial charge on any atom is -0.481 e. The fraction of sp³-hybridized carbons (Fsp3) is 0.556. The Kier molecular flexibility index (Phi) is 3.72. The topological polar surface area (TPSA) is 159 Å². The lowest BCUT2D eigenvalue weighted by Gasteiger charge is -2.10. The molecular formula is C9H13N5O5S. The number of aryl methyl sites for hydroxylation is 1. The van der Waals surface area contributed by atoms with Crippen molar-refractivity contribution in [1.29, 1.82) is 0 Å². The van der Waals surface area contributed by atoms with E-state index in [2.05, 4.69) is 15.2 Å². The molecule has 4 N–H and O–H groups in total. The van der Waals surface area contributed by atoms with Gasteiger partial charge in [-0.15, -0.1) is 5.10 Å². The van der Waals surface area contributed by atoms with Gasteiger partial charge in [0.15, 0.2) is 0 Å². The number of sulfonamides is 1. The zero-order valence-corrected chi connectivity index (χ0v) is 11.1. The molecule has 2 heterocycles. The number of aliphatic carboxylic acids is 1. The van der Waals surface area contributed by atoms with Crippen molar-refractivity contribution < 1.29 is 23.1 Å². The maximum absolute atomic E-state index is 11.7. The number of H-pyrrole nitrogens is 1. The SMILES string of the molecule is NS(=O)(=O)C1CC(=O)N(c2n[nH]c(CCC(=O)O)n2)C1. The van der Waals surface area contributed by atoms with E-state index in [1.54, 1.807) is 0 Å². The van der Waals surface area contributed by atoms with Crippen molar-refractivity contribution in [2.24, 2.45) is 5.14 Å². The summed E-state index contributed by atoms with van der Waals surface area (Å²) in [4.78, 5) is 27.3. The number of carbonyl (C=O) groups excluding carboxylic acids is 1. The smallest absolute Gasteiger partial charge is 0.303 e. The minimum absolute atomic E-state index is 0.0292. The van der Waals surface area contributed by atoms with Gasteiger partial charge in [0.05, 0.1) is 6.42 Å². The highest BCUT2D eigenvalue weighted by Gasteiger charge is 2.38. The maximum Gasteiger partial charge on any atom is 0.303 e. The van der Waals surface area contributed by atoms with Gasteiger partial charge in [0.2, 0.25) is 15.9 Å². The van der Waals surface area contributed by atoms with Gasteiger partial charge in [0.25, 0.3) is 5.95 Å². The summed E-state index contributed by atoms with van der Waals surface area (Å²) in [6.45, 7) is -0.103. The molecule has 1 aliphatic rings. The van der Waals surface area contributed by atoms with Crippen LogP contribution in [0.5, 0.6) is 0 Å². The van der Waals surface area contributed by atoms with Crippen LogP contribution in [0.25, 0.3) is 0 Å². The zero-order chi connectivity index (χ0) is 14.9. The van der Waals surface area contributed by atoms with Crippen molar-refractivity contribution >= 4 is 27.8 Å². The third-order valence-corrected chi connectivity index (χ3v) is 4.14. The van der Waals surface area contributed by atoms with Crippen molar-refractivity contribution in [1.82, 2.24) is 15.2 Å². The van der Waals surface area contributed by atoms with Gasteiger partial charge in [-0.1, -0.05) is 0 Å². The lowest BCUT2D eigenvalue weighted by molar-refractivity contribution is -0.137. The van der Waals surface area contributed by atoms with E-state index in [0.717, 1.165) is 4.90 Å². The van der Waals surface area contributed by atoms with Crippen molar-refractivity contribution in [2.45, 2.75) is 24.5 Å². The number of nitrogens with one attached hydrogen (secondary N) is 1. The standard InChI is InChI=1S/C9H13N5O5S/c10-20(18,19)5-3-7(15)14(4-5)9-11-6(12-13-9)1-2-8(16)17/h5H,1-4H2,(H,16,17)(H2,10,18,19)(H,11,12,13). The predicted octanol–water partition coefficient (Wildman–Crippen LogP) is -1.78. The van der Waals surface area contributed by atoms with Crippen LogP contribution >= 0.6 is 0 Å². The monoisotopic (exact) mass is 303 g/mol. The molecule has 1 atom stereocenters. The van der Waals surface area contributed by atoms with Gasteiger partial charge >= 0.3 is 5.97 Å². The quantitative estimate of drug-likeness (QED) is 0.579. The van der Waals surface area contributed by atoms with E-state index < -0.39 is 27.1 Å². The van der Waals surface area contributed by atoms with Gasteiger partial charge in [-0.2, -0.15) is 4.98 Å². The van der Waals surface area contributed by atoms with Crippen LogP contribution in [0.1, 0.15) is 18.7 Å². The molecule has 1 saturated heterocycles. The number of nitrogens with zero attached hydrogens (tertiary/aromatic N) is 3. The fourth-order valence-electron chi connectivity index (χ4n) is 1.83. The number of nitrogens with two attached hydrogens (primary N) is 1.